The molecule has 0 unspecified atom stereocenters. The molecule has 0 aliphatic heterocycles. The molecule has 3 rings (SSSR count). The Labute approximate surface area is 111 Å². The first kappa shape index (κ1) is 11.2. The number of carbonyl (C=O) groups is 1. The summed E-state index contributed by atoms with van der Waals surface area (Å²) >= 11 is 2.60. The van der Waals surface area contributed by atoms with Crippen molar-refractivity contribution in [2.45, 2.75) is 6.92 Å². The maximum absolute atomic E-state index is 11.8. The summed E-state index contributed by atoms with van der Waals surface area (Å²) in [4.78, 5) is 16.1. The lowest BCUT2D eigenvalue weighted by Gasteiger charge is -1.95. The van der Waals surface area contributed by atoms with Gasteiger partial charge in [0.25, 0.3) is 5.91 Å². The van der Waals surface area contributed by atoms with Gasteiger partial charge in [0, 0.05) is 5.38 Å². The number of nitrogens with zero attached hydrogens (tertiary/aromatic N) is 3. The molecule has 0 saturated heterocycles. The number of amides is 1. The Hall–Kier alpha value is -1.86. The number of anilines is 1. The van der Waals surface area contributed by atoms with Gasteiger partial charge >= 0.3 is 0 Å². The molecule has 0 aliphatic rings. The number of hydrogen-bond donors (Lipinski definition) is 1. The molecule has 0 spiro atoms. The maximum atomic E-state index is 11.8. The van der Waals surface area contributed by atoms with Gasteiger partial charge in [0.2, 0.25) is 0 Å². The summed E-state index contributed by atoms with van der Waals surface area (Å²) in [6.45, 7) is 2.03. The molecule has 90 valence electrons. The van der Waals surface area contributed by atoms with Crippen LogP contribution in [0.3, 0.4) is 0 Å². The molecule has 0 bridgehead atoms. The third kappa shape index (κ3) is 2.09. The molecule has 0 radical (unpaired) electrons. The van der Waals surface area contributed by atoms with E-state index in [9.17, 15) is 4.79 Å². The van der Waals surface area contributed by atoms with Gasteiger partial charge in [-0.05, 0) is 36.2 Å². The van der Waals surface area contributed by atoms with Crippen molar-refractivity contribution in [2.75, 3.05) is 5.32 Å². The largest absolute Gasteiger partial charge is 0.296 e. The van der Waals surface area contributed by atoms with Crippen molar-refractivity contribution in [1.82, 2.24) is 14.6 Å². The fourth-order valence-corrected chi connectivity index (χ4v) is 2.91. The van der Waals surface area contributed by atoms with Crippen LogP contribution in [-0.2, 0) is 0 Å². The van der Waals surface area contributed by atoms with Crippen LogP contribution in [-0.4, -0.2) is 20.5 Å². The van der Waals surface area contributed by atoms with Crippen LogP contribution in [0.5, 0.6) is 0 Å². The van der Waals surface area contributed by atoms with Crippen molar-refractivity contribution in [2.24, 2.45) is 0 Å². The normalized spacial score (nSPS) is 10.7. The molecule has 2 aromatic heterocycles. The van der Waals surface area contributed by atoms with Crippen molar-refractivity contribution in [3.63, 3.8) is 0 Å². The van der Waals surface area contributed by atoms with Crippen molar-refractivity contribution < 1.29 is 4.79 Å². The molecule has 2 heterocycles. The SMILES string of the molecule is Cc1ccc2nc(NC(=O)c3csnn3)sc2c1. The molecular weight excluding hydrogens is 268 g/mol. The van der Waals surface area contributed by atoms with Gasteiger partial charge in [-0.3, -0.25) is 10.1 Å². The van der Waals surface area contributed by atoms with Crippen LogP contribution in [0.4, 0.5) is 5.13 Å². The average Bonchev–Trinajstić information content (AvgIpc) is 2.95. The fourth-order valence-electron chi connectivity index (χ4n) is 1.51. The predicted molar refractivity (Wildman–Crippen MR) is 72.2 cm³/mol. The zero-order valence-corrected chi connectivity index (χ0v) is 11.0. The van der Waals surface area contributed by atoms with Gasteiger partial charge < -0.3 is 0 Å². The zero-order valence-electron chi connectivity index (χ0n) is 9.38. The highest BCUT2D eigenvalue weighted by molar-refractivity contribution is 7.22. The van der Waals surface area contributed by atoms with Gasteiger partial charge in [-0.2, -0.15) is 0 Å². The Morgan fingerprint density at radius 3 is 3.06 bits per heavy atom. The van der Waals surface area contributed by atoms with E-state index in [0.717, 1.165) is 21.7 Å². The van der Waals surface area contributed by atoms with E-state index >= 15 is 0 Å². The van der Waals surface area contributed by atoms with Crippen LogP contribution in [0, 0.1) is 6.92 Å². The van der Waals surface area contributed by atoms with Crippen LogP contribution >= 0.6 is 22.9 Å². The highest BCUT2D eigenvalue weighted by atomic mass is 32.1. The van der Waals surface area contributed by atoms with E-state index in [4.69, 9.17) is 0 Å². The number of aryl methyl sites for hydroxylation is 1. The second-order valence-corrected chi connectivity index (χ2v) is 5.37. The molecular formula is C11H8N4OS2. The summed E-state index contributed by atoms with van der Waals surface area (Å²) < 4.78 is 4.71. The lowest BCUT2D eigenvalue weighted by atomic mass is 10.2. The molecule has 1 aromatic carbocycles. The topological polar surface area (TPSA) is 67.8 Å². The number of hydrogen-bond acceptors (Lipinski definition) is 6. The summed E-state index contributed by atoms with van der Waals surface area (Å²) in [5, 5.41) is 8.62. The Bertz CT molecular complexity index is 705. The van der Waals surface area contributed by atoms with E-state index in [-0.39, 0.29) is 5.91 Å². The second kappa shape index (κ2) is 4.43. The smallest absolute Gasteiger partial charge is 0.278 e. The van der Waals surface area contributed by atoms with E-state index in [0.29, 0.717) is 10.8 Å². The summed E-state index contributed by atoms with van der Waals surface area (Å²) in [7, 11) is 0. The minimum absolute atomic E-state index is 0.278. The van der Waals surface area contributed by atoms with E-state index in [2.05, 4.69) is 19.9 Å². The van der Waals surface area contributed by atoms with Gasteiger partial charge in [0.05, 0.1) is 10.2 Å². The highest BCUT2D eigenvalue weighted by Gasteiger charge is 2.11. The molecule has 7 heteroatoms. The Kier molecular flexibility index (Phi) is 2.77. The number of thiazole rings is 1. The first-order chi connectivity index (χ1) is 8.72. The third-order valence-electron chi connectivity index (χ3n) is 2.36. The van der Waals surface area contributed by atoms with Crippen LogP contribution in [0.15, 0.2) is 23.6 Å². The van der Waals surface area contributed by atoms with Crippen molar-refractivity contribution in [1.29, 1.82) is 0 Å². The maximum Gasteiger partial charge on any atom is 0.278 e. The van der Waals surface area contributed by atoms with Gasteiger partial charge in [-0.1, -0.05) is 21.9 Å². The van der Waals surface area contributed by atoms with Crippen LogP contribution < -0.4 is 5.32 Å². The summed E-state index contributed by atoms with van der Waals surface area (Å²) in [5.74, 6) is -0.278. The average molecular weight is 276 g/mol. The van der Waals surface area contributed by atoms with E-state index in [1.54, 1.807) is 5.38 Å². The molecule has 1 N–H and O–H groups in total. The standard InChI is InChI=1S/C11H8N4OS2/c1-6-2-3-7-9(4-6)18-11(12-7)13-10(16)8-5-17-15-14-8/h2-5H,1H3,(H,12,13,16). The zero-order chi connectivity index (χ0) is 12.5. The molecule has 0 atom stereocenters. The Morgan fingerprint density at radius 2 is 2.28 bits per heavy atom. The van der Waals surface area contributed by atoms with Gasteiger partial charge in [0.15, 0.2) is 10.8 Å². The number of carbonyl (C=O) groups excluding carboxylic acids is 1. The highest BCUT2D eigenvalue weighted by Crippen LogP contribution is 2.26. The molecule has 18 heavy (non-hydrogen) atoms. The number of benzene rings is 1. The van der Waals surface area contributed by atoms with Gasteiger partial charge in [-0.25, -0.2) is 4.98 Å². The van der Waals surface area contributed by atoms with Crippen molar-refractivity contribution in [3.8, 4) is 0 Å². The number of nitrogens with one attached hydrogen (secondary N) is 1. The number of rotatable bonds is 2. The lowest BCUT2D eigenvalue weighted by Crippen LogP contribution is -2.11. The van der Waals surface area contributed by atoms with Crippen molar-refractivity contribution >= 4 is 44.1 Å². The van der Waals surface area contributed by atoms with E-state index < -0.39 is 0 Å². The van der Waals surface area contributed by atoms with Crippen LogP contribution in [0.2, 0.25) is 0 Å². The minimum Gasteiger partial charge on any atom is -0.296 e. The summed E-state index contributed by atoms with van der Waals surface area (Å²) in [6, 6.07) is 5.99. The molecule has 0 fully saturated rings. The first-order valence-corrected chi connectivity index (χ1v) is 6.83. The van der Waals surface area contributed by atoms with Gasteiger partial charge in [-0.15, -0.1) is 5.10 Å². The Balaban J connectivity index is 1.89. The van der Waals surface area contributed by atoms with Crippen LogP contribution in [0.25, 0.3) is 10.2 Å². The van der Waals surface area contributed by atoms with Crippen LogP contribution in [0.1, 0.15) is 16.1 Å². The molecule has 5 nitrogen and oxygen atoms in total. The second-order valence-electron chi connectivity index (χ2n) is 3.73. The summed E-state index contributed by atoms with van der Waals surface area (Å²) in [6.07, 6.45) is 0. The molecule has 1 amide bonds. The van der Waals surface area contributed by atoms with Gasteiger partial charge in [0.1, 0.15) is 0 Å². The van der Waals surface area contributed by atoms with E-state index in [1.165, 1.54) is 16.9 Å². The fraction of sp³-hybridized carbons (Fsp3) is 0.0909. The lowest BCUT2D eigenvalue weighted by molar-refractivity contribution is 0.102. The molecule has 0 aliphatic carbocycles. The third-order valence-corrected chi connectivity index (χ3v) is 3.80. The Morgan fingerprint density at radius 1 is 1.39 bits per heavy atom. The minimum atomic E-state index is -0.278. The van der Waals surface area contributed by atoms with E-state index in [1.807, 2.05) is 25.1 Å². The predicted octanol–water partition coefficient (Wildman–Crippen LogP) is 2.71. The quantitative estimate of drug-likeness (QED) is 0.781. The molecule has 3 aromatic rings. The number of aromatic nitrogens is 3. The number of fused-ring (bicyclic) bond motifs is 1. The summed E-state index contributed by atoms with van der Waals surface area (Å²) in [5.41, 5.74) is 2.38. The monoisotopic (exact) mass is 276 g/mol. The van der Waals surface area contributed by atoms with Crippen molar-refractivity contribution in [3.05, 3.63) is 34.8 Å². The molecule has 0 saturated carbocycles. The first-order valence-electron chi connectivity index (χ1n) is 5.18.